The highest BCUT2D eigenvalue weighted by atomic mass is 16.2. The standard InChI is InChI=1S/C21H41N3O/c1-5-7-8-9-10-13-20(12-6-2)23-16-18-24(19-17-23)21(25)14-11-15-22(3)4/h11,14,20H,5-10,12-13,15-19H2,1-4H3/b14-11+. The number of likely N-dealkylation sites (N-methyl/N-ethyl adjacent to an activating group) is 1. The van der Waals surface area contributed by atoms with Crippen LogP contribution in [0.3, 0.4) is 0 Å². The Morgan fingerprint density at radius 2 is 1.64 bits per heavy atom. The molecule has 1 aliphatic heterocycles. The highest BCUT2D eigenvalue weighted by Gasteiger charge is 2.24. The maximum absolute atomic E-state index is 12.3. The third kappa shape index (κ3) is 9.41. The van der Waals surface area contributed by atoms with Crippen LogP contribution in [0.25, 0.3) is 0 Å². The van der Waals surface area contributed by atoms with E-state index in [1.165, 1.54) is 51.4 Å². The Hall–Kier alpha value is -0.870. The second-order valence-electron chi connectivity index (χ2n) is 7.67. The van der Waals surface area contributed by atoms with Gasteiger partial charge in [-0.2, -0.15) is 0 Å². The monoisotopic (exact) mass is 351 g/mol. The number of hydrogen-bond donors (Lipinski definition) is 0. The van der Waals surface area contributed by atoms with E-state index in [-0.39, 0.29) is 5.91 Å². The van der Waals surface area contributed by atoms with Crippen molar-refractivity contribution in [3.05, 3.63) is 12.2 Å². The zero-order chi connectivity index (χ0) is 18.5. The largest absolute Gasteiger partial charge is 0.337 e. The van der Waals surface area contributed by atoms with Crippen molar-refractivity contribution in [2.75, 3.05) is 46.8 Å². The molecule has 1 fully saturated rings. The van der Waals surface area contributed by atoms with E-state index in [0.29, 0.717) is 6.04 Å². The van der Waals surface area contributed by atoms with E-state index < -0.39 is 0 Å². The molecule has 4 nitrogen and oxygen atoms in total. The lowest BCUT2D eigenvalue weighted by atomic mass is 10.0. The van der Waals surface area contributed by atoms with Gasteiger partial charge in [0, 0.05) is 44.8 Å². The van der Waals surface area contributed by atoms with Crippen LogP contribution in [0.5, 0.6) is 0 Å². The van der Waals surface area contributed by atoms with Crippen molar-refractivity contribution in [2.24, 2.45) is 0 Å². The molecule has 1 atom stereocenters. The molecule has 0 aromatic carbocycles. The fraction of sp³-hybridized carbons (Fsp3) is 0.857. The molecule has 0 spiro atoms. The third-order valence-corrected chi connectivity index (χ3v) is 5.14. The minimum Gasteiger partial charge on any atom is -0.337 e. The first-order valence-corrected chi connectivity index (χ1v) is 10.4. The maximum Gasteiger partial charge on any atom is 0.246 e. The lowest BCUT2D eigenvalue weighted by Crippen LogP contribution is -2.51. The van der Waals surface area contributed by atoms with Gasteiger partial charge in [-0.1, -0.05) is 58.4 Å². The van der Waals surface area contributed by atoms with Gasteiger partial charge in [0.1, 0.15) is 0 Å². The molecule has 25 heavy (non-hydrogen) atoms. The molecular weight excluding hydrogens is 310 g/mol. The molecule has 1 unspecified atom stereocenters. The van der Waals surface area contributed by atoms with Crippen LogP contribution in [0.15, 0.2) is 12.2 Å². The lowest BCUT2D eigenvalue weighted by Gasteiger charge is -2.39. The van der Waals surface area contributed by atoms with E-state index >= 15 is 0 Å². The molecule has 1 heterocycles. The molecule has 1 saturated heterocycles. The van der Waals surface area contributed by atoms with Crippen LogP contribution in [0.2, 0.25) is 0 Å². The minimum atomic E-state index is 0.174. The summed E-state index contributed by atoms with van der Waals surface area (Å²) in [6.07, 6.45) is 14.4. The molecule has 0 N–H and O–H groups in total. The fourth-order valence-electron chi connectivity index (χ4n) is 3.60. The van der Waals surface area contributed by atoms with Gasteiger partial charge in [-0.25, -0.2) is 0 Å². The molecule has 0 aromatic heterocycles. The maximum atomic E-state index is 12.3. The van der Waals surface area contributed by atoms with Gasteiger partial charge in [0.15, 0.2) is 0 Å². The molecule has 146 valence electrons. The van der Waals surface area contributed by atoms with Gasteiger partial charge in [-0.05, 0) is 26.9 Å². The van der Waals surface area contributed by atoms with Crippen molar-refractivity contribution >= 4 is 5.91 Å². The van der Waals surface area contributed by atoms with Gasteiger partial charge in [-0.3, -0.25) is 9.69 Å². The Balaban J connectivity index is 2.35. The molecule has 0 saturated carbocycles. The normalized spacial score (nSPS) is 17.6. The molecule has 0 bridgehead atoms. The number of hydrogen-bond acceptors (Lipinski definition) is 3. The highest BCUT2D eigenvalue weighted by Crippen LogP contribution is 2.18. The summed E-state index contributed by atoms with van der Waals surface area (Å²) in [6, 6.07) is 0.716. The third-order valence-electron chi connectivity index (χ3n) is 5.14. The molecule has 0 aliphatic carbocycles. The van der Waals surface area contributed by atoms with Crippen molar-refractivity contribution in [2.45, 2.75) is 71.3 Å². The Bertz CT molecular complexity index is 373. The van der Waals surface area contributed by atoms with Crippen molar-refractivity contribution < 1.29 is 4.79 Å². The van der Waals surface area contributed by atoms with E-state index in [0.717, 1.165) is 32.7 Å². The van der Waals surface area contributed by atoms with Crippen molar-refractivity contribution in [3.8, 4) is 0 Å². The van der Waals surface area contributed by atoms with Crippen LogP contribution in [0.1, 0.15) is 65.2 Å². The van der Waals surface area contributed by atoms with Crippen molar-refractivity contribution in [1.82, 2.24) is 14.7 Å². The summed E-state index contributed by atoms with van der Waals surface area (Å²) in [5.74, 6) is 0.174. The van der Waals surface area contributed by atoms with Crippen LogP contribution in [-0.2, 0) is 4.79 Å². The van der Waals surface area contributed by atoms with E-state index in [1.54, 1.807) is 6.08 Å². The second kappa shape index (κ2) is 13.3. The summed E-state index contributed by atoms with van der Waals surface area (Å²) in [4.78, 5) is 19.0. The molecule has 1 rings (SSSR count). The summed E-state index contributed by atoms with van der Waals surface area (Å²) >= 11 is 0. The molecule has 0 radical (unpaired) electrons. The van der Waals surface area contributed by atoms with Crippen LogP contribution in [-0.4, -0.2) is 73.5 Å². The Morgan fingerprint density at radius 3 is 2.24 bits per heavy atom. The predicted molar refractivity (Wildman–Crippen MR) is 108 cm³/mol. The first-order valence-electron chi connectivity index (χ1n) is 10.4. The number of carbonyl (C=O) groups excluding carboxylic acids is 1. The van der Waals surface area contributed by atoms with Crippen molar-refractivity contribution in [1.29, 1.82) is 0 Å². The molecule has 0 aromatic rings. The SMILES string of the molecule is CCCCCCCC(CCC)N1CCN(C(=O)/C=C/CN(C)C)CC1. The van der Waals surface area contributed by atoms with Crippen molar-refractivity contribution in [3.63, 3.8) is 0 Å². The number of unbranched alkanes of at least 4 members (excludes halogenated alkanes) is 4. The van der Waals surface area contributed by atoms with E-state index in [4.69, 9.17) is 0 Å². The van der Waals surface area contributed by atoms with Crippen LogP contribution >= 0.6 is 0 Å². The number of amides is 1. The predicted octanol–water partition coefficient (Wildman–Crippen LogP) is 3.78. The van der Waals surface area contributed by atoms with Gasteiger partial charge < -0.3 is 9.80 Å². The summed E-state index contributed by atoms with van der Waals surface area (Å²) in [6.45, 7) is 9.21. The van der Waals surface area contributed by atoms with Crippen LogP contribution < -0.4 is 0 Å². The molecular formula is C21H41N3O. The zero-order valence-corrected chi connectivity index (χ0v) is 17.2. The average molecular weight is 352 g/mol. The number of carbonyl (C=O) groups is 1. The van der Waals surface area contributed by atoms with E-state index in [2.05, 4.69) is 23.6 Å². The molecule has 4 heteroatoms. The van der Waals surface area contributed by atoms with E-state index in [9.17, 15) is 4.79 Å². The lowest BCUT2D eigenvalue weighted by molar-refractivity contribution is -0.128. The van der Waals surface area contributed by atoms with Gasteiger partial charge in [-0.15, -0.1) is 0 Å². The summed E-state index contributed by atoms with van der Waals surface area (Å²) in [5, 5.41) is 0. The first kappa shape index (κ1) is 22.2. The topological polar surface area (TPSA) is 26.8 Å². The van der Waals surface area contributed by atoms with Gasteiger partial charge in [0.25, 0.3) is 0 Å². The minimum absolute atomic E-state index is 0.174. The fourth-order valence-corrected chi connectivity index (χ4v) is 3.60. The van der Waals surface area contributed by atoms with Crippen LogP contribution in [0, 0.1) is 0 Å². The zero-order valence-electron chi connectivity index (χ0n) is 17.2. The number of rotatable bonds is 12. The average Bonchev–Trinajstić information content (AvgIpc) is 2.60. The second-order valence-corrected chi connectivity index (χ2v) is 7.67. The Morgan fingerprint density at radius 1 is 0.960 bits per heavy atom. The molecule has 1 amide bonds. The van der Waals surface area contributed by atoms with E-state index in [1.807, 2.05) is 25.1 Å². The number of nitrogens with zero attached hydrogens (tertiary/aromatic N) is 3. The Labute approximate surface area is 156 Å². The van der Waals surface area contributed by atoms with Gasteiger partial charge >= 0.3 is 0 Å². The quantitative estimate of drug-likeness (QED) is 0.395. The molecule has 1 aliphatic rings. The summed E-state index contributed by atoms with van der Waals surface area (Å²) in [5.41, 5.74) is 0. The summed E-state index contributed by atoms with van der Waals surface area (Å²) in [7, 11) is 4.04. The highest BCUT2D eigenvalue weighted by molar-refractivity contribution is 5.87. The van der Waals surface area contributed by atoms with Gasteiger partial charge in [0.2, 0.25) is 5.91 Å². The first-order chi connectivity index (χ1) is 12.1. The smallest absolute Gasteiger partial charge is 0.246 e. The van der Waals surface area contributed by atoms with Crippen LogP contribution in [0.4, 0.5) is 0 Å². The Kier molecular flexibility index (Phi) is 11.8. The van der Waals surface area contributed by atoms with Gasteiger partial charge in [0.05, 0.1) is 0 Å². The summed E-state index contributed by atoms with van der Waals surface area (Å²) < 4.78 is 0. The number of piperazine rings is 1.